The number of tetrazole rings is 1. The first-order valence-corrected chi connectivity index (χ1v) is 7.97. The van der Waals surface area contributed by atoms with E-state index >= 15 is 0 Å². The maximum atomic E-state index is 11.2. The minimum Gasteiger partial charge on any atom is -0.493 e. The number of non-ortho nitro benzene ring substituents is 1. The molecule has 0 spiro atoms. The van der Waals surface area contributed by atoms with Gasteiger partial charge in [-0.3, -0.25) is 10.1 Å². The number of nitrogens with zero attached hydrogens (tertiary/aromatic N) is 6. The third-order valence-corrected chi connectivity index (χ3v) is 4.25. The molecule has 0 unspecified atom stereocenters. The summed E-state index contributed by atoms with van der Waals surface area (Å²) >= 11 is 0. The van der Waals surface area contributed by atoms with Crippen LogP contribution in [0.5, 0.6) is 11.5 Å². The van der Waals surface area contributed by atoms with Gasteiger partial charge in [0.15, 0.2) is 17.3 Å². The first-order valence-electron chi connectivity index (χ1n) is 7.97. The fourth-order valence-electron chi connectivity index (χ4n) is 2.97. The Balaban J connectivity index is 1.98. The summed E-state index contributed by atoms with van der Waals surface area (Å²) in [7, 11) is 3.10. The minimum atomic E-state index is -0.446. The van der Waals surface area contributed by atoms with Gasteiger partial charge in [0.1, 0.15) is 5.71 Å². The van der Waals surface area contributed by atoms with Crippen molar-refractivity contribution in [2.45, 2.75) is 6.42 Å². The molecule has 1 aliphatic heterocycles. The molecule has 4 rings (SSSR count). The van der Waals surface area contributed by atoms with Gasteiger partial charge in [-0.15, -0.1) is 15.0 Å². The van der Waals surface area contributed by atoms with Crippen LogP contribution in [0.3, 0.4) is 0 Å². The van der Waals surface area contributed by atoms with E-state index in [1.165, 1.54) is 16.9 Å². The van der Waals surface area contributed by atoms with E-state index in [0.717, 1.165) is 11.1 Å². The van der Waals surface area contributed by atoms with Crippen LogP contribution in [-0.4, -0.2) is 45.2 Å². The lowest BCUT2D eigenvalue weighted by Gasteiger charge is -2.14. The third-order valence-electron chi connectivity index (χ3n) is 4.25. The lowest BCUT2D eigenvalue weighted by Crippen LogP contribution is -2.09. The first kappa shape index (κ1) is 16.6. The zero-order valence-corrected chi connectivity index (χ0v) is 14.5. The molecule has 1 aliphatic rings. The van der Waals surface area contributed by atoms with Gasteiger partial charge >= 0.3 is 0 Å². The van der Waals surface area contributed by atoms with E-state index in [1.807, 2.05) is 6.07 Å². The zero-order chi connectivity index (χ0) is 19.0. The van der Waals surface area contributed by atoms with E-state index in [2.05, 4.69) is 20.6 Å². The Morgan fingerprint density at radius 3 is 2.67 bits per heavy atom. The number of hydrogen-bond acceptors (Lipinski definition) is 8. The molecule has 0 fully saturated rings. The number of rotatable bonds is 4. The summed E-state index contributed by atoms with van der Waals surface area (Å²) in [4.78, 5) is 12.1. The number of fused-ring (bicyclic) bond motifs is 2. The molecule has 10 heteroatoms. The maximum absolute atomic E-state index is 11.2. The van der Waals surface area contributed by atoms with Crippen LogP contribution in [0.15, 0.2) is 41.5 Å². The second-order valence-corrected chi connectivity index (χ2v) is 5.78. The maximum Gasteiger partial charge on any atom is 0.270 e. The summed E-state index contributed by atoms with van der Waals surface area (Å²) in [6.45, 7) is 0. The summed E-state index contributed by atoms with van der Waals surface area (Å²) in [6.07, 6.45) is 0.421. The van der Waals surface area contributed by atoms with Crippen LogP contribution in [0.4, 0.5) is 5.69 Å². The highest BCUT2D eigenvalue weighted by Gasteiger charge is 2.24. The van der Waals surface area contributed by atoms with Crippen molar-refractivity contribution in [3.63, 3.8) is 0 Å². The predicted octanol–water partition coefficient (Wildman–Crippen LogP) is 1.80. The Bertz CT molecular complexity index is 1080. The SMILES string of the molecule is COc1cc2c(cc1OC)C(c1cccc([N+](=O)[O-])c1)=Nn1nnnc1C2. The van der Waals surface area contributed by atoms with Crippen LogP contribution in [-0.2, 0) is 6.42 Å². The highest BCUT2D eigenvalue weighted by molar-refractivity contribution is 6.14. The number of nitro benzene ring substituents is 1. The fourth-order valence-corrected chi connectivity index (χ4v) is 2.97. The van der Waals surface area contributed by atoms with Crippen molar-refractivity contribution >= 4 is 11.4 Å². The second-order valence-electron chi connectivity index (χ2n) is 5.78. The number of methoxy groups -OCH3 is 2. The standard InChI is InChI=1S/C17H14N6O4/c1-26-14-7-11-8-16-18-20-21-22(16)19-17(13(11)9-15(14)27-2)10-4-3-5-12(6-10)23(24)25/h3-7,9H,8H2,1-2H3. The fraction of sp³-hybridized carbons (Fsp3) is 0.176. The Morgan fingerprint density at radius 2 is 1.93 bits per heavy atom. The number of aromatic nitrogens is 4. The van der Waals surface area contributed by atoms with Crippen LogP contribution in [0, 0.1) is 10.1 Å². The van der Waals surface area contributed by atoms with Gasteiger partial charge in [-0.1, -0.05) is 12.1 Å². The molecule has 10 nitrogen and oxygen atoms in total. The predicted molar refractivity (Wildman–Crippen MR) is 94.3 cm³/mol. The third kappa shape index (κ3) is 2.86. The lowest BCUT2D eigenvalue weighted by molar-refractivity contribution is -0.384. The molecule has 1 aromatic heterocycles. The summed E-state index contributed by atoms with van der Waals surface area (Å²) in [5, 5.41) is 27.3. The summed E-state index contributed by atoms with van der Waals surface area (Å²) in [5.74, 6) is 1.64. The van der Waals surface area contributed by atoms with Crippen molar-refractivity contribution in [2.24, 2.45) is 5.10 Å². The van der Waals surface area contributed by atoms with Gasteiger partial charge in [-0.25, -0.2) is 0 Å². The van der Waals surface area contributed by atoms with Crippen molar-refractivity contribution in [2.75, 3.05) is 14.2 Å². The average Bonchev–Trinajstić information content (AvgIpc) is 3.06. The zero-order valence-electron chi connectivity index (χ0n) is 14.5. The van der Waals surface area contributed by atoms with Gasteiger partial charge in [-0.05, 0) is 28.1 Å². The average molecular weight is 366 g/mol. The van der Waals surface area contributed by atoms with E-state index in [0.29, 0.717) is 35.0 Å². The monoisotopic (exact) mass is 366 g/mol. The molecule has 0 aliphatic carbocycles. The molecule has 0 atom stereocenters. The topological polar surface area (TPSA) is 118 Å². The molecular weight excluding hydrogens is 352 g/mol. The van der Waals surface area contributed by atoms with Gasteiger partial charge in [0.05, 0.1) is 19.1 Å². The highest BCUT2D eigenvalue weighted by Crippen LogP contribution is 2.34. The van der Waals surface area contributed by atoms with Gasteiger partial charge in [0.25, 0.3) is 5.69 Å². The summed E-state index contributed by atoms with van der Waals surface area (Å²) in [5.41, 5.74) is 2.66. The van der Waals surface area contributed by atoms with Crippen molar-refractivity contribution in [1.82, 2.24) is 20.3 Å². The largest absolute Gasteiger partial charge is 0.493 e. The van der Waals surface area contributed by atoms with E-state index < -0.39 is 4.92 Å². The van der Waals surface area contributed by atoms with Crippen molar-refractivity contribution in [3.8, 4) is 11.5 Å². The van der Waals surface area contributed by atoms with E-state index in [9.17, 15) is 10.1 Å². The Morgan fingerprint density at radius 1 is 1.15 bits per heavy atom. The van der Waals surface area contributed by atoms with Gasteiger partial charge in [0.2, 0.25) is 0 Å². The van der Waals surface area contributed by atoms with E-state index in [1.54, 1.807) is 32.4 Å². The molecule has 136 valence electrons. The van der Waals surface area contributed by atoms with Gasteiger partial charge < -0.3 is 9.47 Å². The van der Waals surface area contributed by atoms with E-state index in [-0.39, 0.29) is 5.69 Å². The quantitative estimate of drug-likeness (QED) is 0.399. The van der Waals surface area contributed by atoms with Crippen LogP contribution in [0.2, 0.25) is 0 Å². The Labute approximate surface area is 153 Å². The Hall–Kier alpha value is -3.82. The minimum absolute atomic E-state index is 0.0292. The van der Waals surface area contributed by atoms with Gasteiger partial charge in [-0.2, -0.15) is 0 Å². The van der Waals surface area contributed by atoms with Crippen molar-refractivity contribution in [3.05, 3.63) is 69.0 Å². The molecule has 0 bridgehead atoms. The first-order chi connectivity index (χ1) is 13.1. The van der Waals surface area contributed by atoms with Crippen molar-refractivity contribution < 1.29 is 14.4 Å². The summed E-state index contributed by atoms with van der Waals surface area (Å²) < 4.78 is 10.8. The summed E-state index contributed by atoms with van der Waals surface area (Å²) in [6, 6.07) is 9.90. The number of hydrogen-bond donors (Lipinski definition) is 0. The Kier molecular flexibility index (Phi) is 3.99. The second kappa shape index (κ2) is 6.48. The van der Waals surface area contributed by atoms with Crippen LogP contribution in [0.25, 0.3) is 0 Å². The molecule has 3 aromatic rings. The molecule has 0 radical (unpaired) electrons. The highest BCUT2D eigenvalue weighted by atomic mass is 16.6. The van der Waals surface area contributed by atoms with E-state index in [4.69, 9.17) is 9.47 Å². The van der Waals surface area contributed by atoms with Crippen molar-refractivity contribution in [1.29, 1.82) is 0 Å². The molecule has 27 heavy (non-hydrogen) atoms. The lowest BCUT2D eigenvalue weighted by atomic mass is 9.95. The number of benzene rings is 2. The smallest absolute Gasteiger partial charge is 0.270 e. The molecule has 2 heterocycles. The van der Waals surface area contributed by atoms with Gasteiger partial charge in [0, 0.05) is 29.7 Å². The normalized spacial score (nSPS) is 12.4. The van der Waals surface area contributed by atoms with Crippen LogP contribution in [0.1, 0.15) is 22.5 Å². The van der Waals surface area contributed by atoms with Crippen LogP contribution >= 0.6 is 0 Å². The molecule has 0 amide bonds. The molecule has 2 aromatic carbocycles. The number of ether oxygens (including phenoxy) is 2. The number of nitro groups is 1. The molecule has 0 saturated heterocycles. The molecule has 0 saturated carbocycles. The van der Waals surface area contributed by atoms with Crippen LogP contribution < -0.4 is 9.47 Å². The molecular formula is C17H14N6O4. The molecule has 0 N–H and O–H groups in total.